The summed E-state index contributed by atoms with van der Waals surface area (Å²) < 4.78 is 7.58. The summed E-state index contributed by atoms with van der Waals surface area (Å²) in [6, 6.07) is 12.3. The number of rotatable bonds is 7. The second kappa shape index (κ2) is 9.30. The van der Waals surface area contributed by atoms with Crippen LogP contribution in [0.4, 0.5) is 11.4 Å². The highest BCUT2D eigenvalue weighted by atomic mass is 32.2. The van der Waals surface area contributed by atoms with Gasteiger partial charge < -0.3 is 15.0 Å². The summed E-state index contributed by atoms with van der Waals surface area (Å²) in [5.41, 5.74) is 2.93. The molecule has 32 heavy (non-hydrogen) atoms. The van der Waals surface area contributed by atoms with Crippen molar-refractivity contribution < 1.29 is 9.53 Å². The maximum Gasteiger partial charge on any atom is 0.237 e. The van der Waals surface area contributed by atoms with E-state index in [1.54, 1.807) is 12.4 Å². The first-order valence-electron chi connectivity index (χ1n) is 10.9. The summed E-state index contributed by atoms with van der Waals surface area (Å²) in [7, 11) is 0. The molecule has 166 valence electrons. The summed E-state index contributed by atoms with van der Waals surface area (Å²) >= 11 is 1.45. The number of carbonyl (C=O) groups is 1. The standard InChI is InChI=1S/C23H26N6O2S/c1-16(22(30)25-18-2-4-19(5-3-18)28-12-14-31-15-13-28)32-23-27-26-21(29(23)20-6-7-20)17-8-10-24-11-9-17/h2-5,8-11,16,20H,6-7,12-15H2,1H3,(H,25,30)/t16-/m1/s1. The number of ether oxygens (including phenoxy) is 1. The van der Waals surface area contributed by atoms with Crippen molar-refractivity contribution in [3.63, 3.8) is 0 Å². The van der Waals surface area contributed by atoms with E-state index in [1.807, 2.05) is 43.3 Å². The molecule has 1 saturated heterocycles. The van der Waals surface area contributed by atoms with Crippen molar-refractivity contribution in [2.45, 2.75) is 36.2 Å². The van der Waals surface area contributed by atoms with Crippen molar-refractivity contribution in [2.24, 2.45) is 0 Å². The van der Waals surface area contributed by atoms with Gasteiger partial charge in [0.15, 0.2) is 11.0 Å². The zero-order valence-electron chi connectivity index (χ0n) is 18.0. The Labute approximate surface area is 191 Å². The van der Waals surface area contributed by atoms with Crippen LogP contribution in [0.1, 0.15) is 25.8 Å². The van der Waals surface area contributed by atoms with Crippen LogP contribution in [-0.2, 0) is 9.53 Å². The molecule has 1 aliphatic carbocycles. The number of hydrogen-bond acceptors (Lipinski definition) is 7. The van der Waals surface area contributed by atoms with Crippen LogP contribution in [0.5, 0.6) is 0 Å². The molecule has 1 atom stereocenters. The van der Waals surface area contributed by atoms with E-state index in [-0.39, 0.29) is 11.2 Å². The number of morpholine rings is 1. The van der Waals surface area contributed by atoms with Crippen molar-refractivity contribution in [1.82, 2.24) is 19.7 Å². The molecular formula is C23H26N6O2S. The Hall–Kier alpha value is -2.91. The van der Waals surface area contributed by atoms with Gasteiger partial charge in [-0.25, -0.2) is 0 Å². The predicted octanol–water partition coefficient (Wildman–Crippen LogP) is 3.63. The highest BCUT2D eigenvalue weighted by Gasteiger charge is 2.31. The number of aromatic nitrogens is 4. The van der Waals surface area contributed by atoms with Crippen LogP contribution in [0.25, 0.3) is 11.4 Å². The molecule has 0 unspecified atom stereocenters. The Kier molecular flexibility index (Phi) is 6.09. The number of thioether (sulfide) groups is 1. The molecule has 9 heteroatoms. The molecule has 1 aliphatic heterocycles. The van der Waals surface area contributed by atoms with Gasteiger partial charge in [-0.3, -0.25) is 14.3 Å². The van der Waals surface area contributed by atoms with E-state index in [4.69, 9.17) is 4.74 Å². The van der Waals surface area contributed by atoms with Crippen molar-refractivity contribution in [1.29, 1.82) is 0 Å². The number of amides is 1. The fourth-order valence-electron chi connectivity index (χ4n) is 3.75. The molecule has 0 radical (unpaired) electrons. The normalized spacial score (nSPS) is 17.2. The first kappa shape index (κ1) is 21.0. The SMILES string of the molecule is C[C@@H](Sc1nnc(-c2ccncc2)n1C1CC1)C(=O)Nc1ccc(N2CCOCC2)cc1. The molecule has 5 rings (SSSR count). The third-order valence-corrected chi connectivity index (χ3v) is 6.73. The van der Waals surface area contributed by atoms with E-state index in [2.05, 4.69) is 30.0 Å². The highest BCUT2D eigenvalue weighted by molar-refractivity contribution is 8.00. The van der Waals surface area contributed by atoms with Gasteiger partial charge in [0.05, 0.1) is 18.5 Å². The topological polar surface area (TPSA) is 85.2 Å². The zero-order valence-corrected chi connectivity index (χ0v) is 18.8. The monoisotopic (exact) mass is 450 g/mol. The van der Waals surface area contributed by atoms with Crippen molar-refractivity contribution in [3.8, 4) is 11.4 Å². The van der Waals surface area contributed by atoms with Crippen LogP contribution < -0.4 is 10.2 Å². The highest BCUT2D eigenvalue weighted by Crippen LogP contribution is 2.41. The summed E-state index contributed by atoms with van der Waals surface area (Å²) in [5, 5.41) is 12.3. The summed E-state index contributed by atoms with van der Waals surface area (Å²) in [5.74, 6) is 0.786. The van der Waals surface area contributed by atoms with Gasteiger partial charge in [-0.15, -0.1) is 10.2 Å². The lowest BCUT2D eigenvalue weighted by Gasteiger charge is -2.28. The van der Waals surface area contributed by atoms with Gasteiger partial charge in [-0.05, 0) is 56.2 Å². The van der Waals surface area contributed by atoms with Crippen molar-refractivity contribution >= 4 is 29.0 Å². The first-order valence-corrected chi connectivity index (χ1v) is 11.8. The molecule has 0 spiro atoms. The molecule has 1 aromatic carbocycles. The summed E-state index contributed by atoms with van der Waals surface area (Å²) in [4.78, 5) is 19.2. The minimum absolute atomic E-state index is 0.0510. The van der Waals surface area contributed by atoms with Gasteiger partial charge >= 0.3 is 0 Å². The molecule has 2 fully saturated rings. The number of carbonyl (C=O) groups excluding carboxylic acids is 1. The lowest BCUT2D eigenvalue weighted by atomic mass is 10.2. The Bertz CT molecular complexity index is 1060. The molecule has 1 amide bonds. The molecule has 3 heterocycles. The second-order valence-corrected chi connectivity index (χ2v) is 9.35. The van der Waals surface area contributed by atoms with Crippen LogP contribution in [-0.4, -0.2) is 57.2 Å². The Morgan fingerprint density at radius 2 is 1.81 bits per heavy atom. The van der Waals surface area contributed by atoms with E-state index in [0.29, 0.717) is 6.04 Å². The average molecular weight is 451 g/mol. The summed E-state index contributed by atoms with van der Waals surface area (Å²) in [6.07, 6.45) is 5.74. The fourth-order valence-corrected chi connectivity index (χ4v) is 4.67. The Morgan fingerprint density at radius 3 is 2.50 bits per heavy atom. The number of benzene rings is 1. The number of anilines is 2. The van der Waals surface area contributed by atoms with Gasteiger partial charge in [0.25, 0.3) is 0 Å². The number of pyridine rings is 1. The maximum atomic E-state index is 12.9. The fraction of sp³-hybridized carbons (Fsp3) is 0.391. The zero-order chi connectivity index (χ0) is 21.9. The number of hydrogen-bond donors (Lipinski definition) is 1. The minimum Gasteiger partial charge on any atom is -0.378 e. The molecule has 1 saturated carbocycles. The van der Waals surface area contributed by atoms with E-state index in [9.17, 15) is 4.79 Å². The van der Waals surface area contributed by atoms with Crippen LogP contribution in [0.3, 0.4) is 0 Å². The van der Waals surface area contributed by atoms with Crippen LogP contribution in [0.15, 0.2) is 53.9 Å². The Morgan fingerprint density at radius 1 is 1.09 bits per heavy atom. The number of nitrogens with one attached hydrogen (secondary N) is 1. The predicted molar refractivity (Wildman–Crippen MR) is 125 cm³/mol. The van der Waals surface area contributed by atoms with E-state index in [1.165, 1.54) is 11.8 Å². The third-order valence-electron chi connectivity index (χ3n) is 5.68. The summed E-state index contributed by atoms with van der Waals surface area (Å²) in [6.45, 7) is 5.19. The molecule has 1 N–H and O–H groups in total. The molecule has 2 aromatic heterocycles. The average Bonchev–Trinajstić information content (AvgIpc) is 3.60. The van der Waals surface area contributed by atoms with Crippen LogP contribution in [0.2, 0.25) is 0 Å². The van der Waals surface area contributed by atoms with E-state index in [0.717, 1.165) is 67.1 Å². The quantitative estimate of drug-likeness (QED) is 0.550. The number of nitrogens with zero attached hydrogens (tertiary/aromatic N) is 5. The van der Waals surface area contributed by atoms with Gasteiger partial charge in [-0.2, -0.15) is 0 Å². The van der Waals surface area contributed by atoms with E-state index < -0.39 is 0 Å². The molecular weight excluding hydrogens is 424 g/mol. The maximum absolute atomic E-state index is 12.9. The van der Waals surface area contributed by atoms with Crippen molar-refractivity contribution in [2.75, 3.05) is 36.5 Å². The smallest absolute Gasteiger partial charge is 0.237 e. The van der Waals surface area contributed by atoms with Crippen LogP contribution >= 0.6 is 11.8 Å². The lowest BCUT2D eigenvalue weighted by molar-refractivity contribution is -0.115. The largest absolute Gasteiger partial charge is 0.378 e. The Balaban J connectivity index is 1.25. The lowest BCUT2D eigenvalue weighted by Crippen LogP contribution is -2.36. The van der Waals surface area contributed by atoms with Gasteiger partial charge in [0, 0.05) is 48.5 Å². The third kappa shape index (κ3) is 4.63. The molecule has 3 aromatic rings. The molecule has 8 nitrogen and oxygen atoms in total. The minimum atomic E-state index is -0.305. The van der Waals surface area contributed by atoms with E-state index >= 15 is 0 Å². The first-order chi connectivity index (χ1) is 15.7. The van der Waals surface area contributed by atoms with Gasteiger partial charge in [0.1, 0.15) is 0 Å². The van der Waals surface area contributed by atoms with Crippen LogP contribution in [0, 0.1) is 0 Å². The van der Waals surface area contributed by atoms with Crippen molar-refractivity contribution in [3.05, 3.63) is 48.8 Å². The van der Waals surface area contributed by atoms with Gasteiger partial charge in [0.2, 0.25) is 5.91 Å². The molecule has 0 bridgehead atoms. The van der Waals surface area contributed by atoms with Gasteiger partial charge in [-0.1, -0.05) is 11.8 Å². The molecule has 2 aliphatic rings. The second-order valence-electron chi connectivity index (χ2n) is 8.04.